The van der Waals surface area contributed by atoms with Crippen molar-refractivity contribution in [1.29, 1.82) is 0 Å². The first kappa shape index (κ1) is 22.0. The number of nitrogens with one attached hydrogen (secondary N) is 1. The fourth-order valence-corrected chi connectivity index (χ4v) is 4.65. The Balaban J connectivity index is 1.91. The number of rotatable bonds is 0. The molecule has 2 nitrogen and oxygen atoms in total. The Kier molecular flexibility index (Phi) is 13.3. The Morgan fingerprint density at radius 3 is 1.69 bits per heavy atom. The van der Waals surface area contributed by atoms with Crippen molar-refractivity contribution >= 4 is 0 Å². The summed E-state index contributed by atoms with van der Waals surface area (Å²) in [5, 5.41) is 2.53. The zero-order valence-electron chi connectivity index (χ0n) is 17.5. The van der Waals surface area contributed by atoms with Gasteiger partial charge in [-0.3, -0.25) is 5.43 Å². The summed E-state index contributed by atoms with van der Waals surface area (Å²) in [7, 11) is 0. The summed E-state index contributed by atoms with van der Waals surface area (Å²) in [6.45, 7) is 3.59. The lowest BCUT2D eigenvalue weighted by molar-refractivity contribution is 0.180. The normalized spacial score (nSPS) is 31.1. The van der Waals surface area contributed by atoms with Gasteiger partial charge in [0.05, 0.1) is 0 Å². The maximum absolute atomic E-state index is 3.72. The van der Waals surface area contributed by atoms with Crippen LogP contribution in [0.2, 0.25) is 0 Å². The number of allylic oxidation sites excluding steroid dienone is 1. The standard InChI is InChI=1S/C24H46N2/c1-3-10-16-22-26-23-17-11-4-2-7-13-19-24(18-12-6-1)20-14-8-5-9-15-21-25-26/h5,9,24-25H,1-4,6-8,10-23H2/b9-5-. The number of fused-ring (bicyclic) bond motifs is 20. The molecule has 26 heavy (non-hydrogen) atoms. The summed E-state index contributed by atoms with van der Waals surface area (Å²) in [4.78, 5) is 0. The van der Waals surface area contributed by atoms with Crippen LogP contribution < -0.4 is 5.43 Å². The third-order valence-electron chi connectivity index (χ3n) is 6.38. The highest BCUT2D eigenvalue weighted by molar-refractivity contribution is 4.82. The predicted molar refractivity (Wildman–Crippen MR) is 115 cm³/mol. The first-order chi connectivity index (χ1) is 12.9. The highest BCUT2D eigenvalue weighted by Gasteiger charge is 2.09. The van der Waals surface area contributed by atoms with Crippen molar-refractivity contribution in [3.63, 3.8) is 0 Å². The fourth-order valence-electron chi connectivity index (χ4n) is 4.65. The third-order valence-corrected chi connectivity index (χ3v) is 6.38. The topological polar surface area (TPSA) is 15.3 Å². The lowest BCUT2D eigenvalue weighted by atomic mass is 9.90. The Labute approximate surface area is 164 Å². The molecule has 152 valence electrons. The summed E-state index contributed by atoms with van der Waals surface area (Å²) < 4.78 is 0. The molecule has 0 aromatic carbocycles. The zero-order chi connectivity index (χ0) is 18.1. The maximum atomic E-state index is 3.72. The molecule has 0 saturated carbocycles. The van der Waals surface area contributed by atoms with Crippen LogP contribution in [0.25, 0.3) is 0 Å². The van der Waals surface area contributed by atoms with Gasteiger partial charge in [0.2, 0.25) is 0 Å². The van der Waals surface area contributed by atoms with Gasteiger partial charge in [0.15, 0.2) is 0 Å². The molecule has 3 rings (SSSR count). The van der Waals surface area contributed by atoms with Gasteiger partial charge < -0.3 is 0 Å². The molecule has 1 fully saturated rings. The van der Waals surface area contributed by atoms with Crippen molar-refractivity contribution in [2.75, 3.05) is 19.6 Å². The van der Waals surface area contributed by atoms with Gasteiger partial charge in [-0.2, -0.15) is 0 Å². The Bertz CT molecular complexity index is 287. The first-order valence-corrected chi connectivity index (χ1v) is 12.1. The fraction of sp³-hybridized carbons (Fsp3) is 0.917. The molecule has 1 saturated heterocycles. The zero-order valence-corrected chi connectivity index (χ0v) is 17.5. The first-order valence-electron chi connectivity index (χ1n) is 12.1. The van der Waals surface area contributed by atoms with E-state index in [9.17, 15) is 0 Å². The Hall–Kier alpha value is -0.340. The Morgan fingerprint density at radius 2 is 1.04 bits per heavy atom. The monoisotopic (exact) mass is 362 g/mol. The predicted octanol–water partition coefficient (Wildman–Crippen LogP) is 7.01. The molecule has 3 heterocycles. The quantitative estimate of drug-likeness (QED) is 0.466. The average molecular weight is 363 g/mol. The van der Waals surface area contributed by atoms with Crippen LogP contribution in [-0.4, -0.2) is 24.6 Å². The van der Waals surface area contributed by atoms with Gasteiger partial charge in [0.1, 0.15) is 0 Å². The third kappa shape index (κ3) is 11.4. The van der Waals surface area contributed by atoms with Crippen LogP contribution in [0.4, 0.5) is 0 Å². The van der Waals surface area contributed by atoms with E-state index in [0.717, 1.165) is 12.5 Å². The van der Waals surface area contributed by atoms with Crippen molar-refractivity contribution in [2.45, 2.75) is 116 Å². The lowest BCUT2D eigenvalue weighted by Crippen LogP contribution is -2.40. The maximum Gasteiger partial charge on any atom is 0.0137 e. The van der Waals surface area contributed by atoms with Crippen LogP contribution in [0.5, 0.6) is 0 Å². The van der Waals surface area contributed by atoms with Crippen LogP contribution in [-0.2, 0) is 0 Å². The molecule has 2 bridgehead atoms. The van der Waals surface area contributed by atoms with E-state index in [4.69, 9.17) is 0 Å². The van der Waals surface area contributed by atoms with E-state index < -0.39 is 0 Å². The SMILES string of the molecule is C1=C\CCNN2CCCCCCCCC(CCC/1)CCCCCCCC2. The molecular weight excluding hydrogens is 316 g/mol. The van der Waals surface area contributed by atoms with Gasteiger partial charge in [-0.05, 0) is 38.0 Å². The lowest BCUT2D eigenvalue weighted by Gasteiger charge is -2.23. The van der Waals surface area contributed by atoms with Crippen LogP contribution in [0.1, 0.15) is 116 Å². The molecule has 0 radical (unpaired) electrons. The van der Waals surface area contributed by atoms with Crippen molar-refractivity contribution in [3.8, 4) is 0 Å². The average Bonchev–Trinajstić information content (AvgIpc) is 2.65. The van der Waals surface area contributed by atoms with Gasteiger partial charge >= 0.3 is 0 Å². The smallest absolute Gasteiger partial charge is 0.0137 e. The van der Waals surface area contributed by atoms with Crippen molar-refractivity contribution < 1.29 is 0 Å². The van der Waals surface area contributed by atoms with E-state index in [2.05, 4.69) is 22.6 Å². The summed E-state index contributed by atoms with van der Waals surface area (Å²) in [5.74, 6) is 1.01. The van der Waals surface area contributed by atoms with Gasteiger partial charge in [-0.15, -0.1) is 0 Å². The second kappa shape index (κ2) is 15.7. The van der Waals surface area contributed by atoms with Crippen molar-refractivity contribution in [1.82, 2.24) is 10.4 Å². The number of nitrogens with zero attached hydrogens (tertiary/aromatic N) is 1. The van der Waals surface area contributed by atoms with E-state index in [1.807, 2.05) is 0 Å². The van der Waals surface area contributed by atoms with Crippen LogP contribution in [0, 0.1) is 5.92 Å². The molecule has 0 aromatic heterocycles. The largest absolute Gasteiger partial charge is 0.255 e. The molecule has 0 unspecified atom stereocenters. The molecule has 1 N–H and O–H groups in total. The highest BCUT2D eigenvalue weighted by atomic mass is 15.5. The van der Waals surface area contributed by atoms with Gasteiger partial charge in [0, 0.05) is 19.6 Å². The second-order valence-electron chi connectivity index (χ2n) is 8.77. The Morgan fingerprint density at radius 1 is 0.538 bits per heavy atom. The molecular formula is C24H46N2. The number of hydrogen-bond acceptors (Lipinski definition) is 2. The van der Waals surface area contributed by atoms with E-state index in [1.54, 1.807) is 0 Å². The van der Waals surface area contributed by atoms with E-state index in [0.29, 0.717) is 0 Å². The summed E-state index contributed by atoms with van der Waals surface area (Å²) in [5.41, 5.74) is 3.72. The van der Waals surface area contributed by atoms with Crippen LogP contribution >= 0.6 is 0 Å². The van der Waals surface area contributed by atoms with Crippen LogP contribution in [0.15, 0.2) is 12.2 Å². The molecule has 0 spiro atoms. The van der Waals surface area contributed by atoms with E-state index in [1.165, 1.54) is 129 Å². The van der Waals surface area contributed by atoms with Gasteiger partial charge in [-0.25, -0.2) is 5.01 Å². The molecule has 0 amide bonds. The molecule has 0 aliphatic carbocycles. The second-order valence-corrected chi connectivity index (χ2v) is 8.77. The molecule has 3 aliphatic heterocycles. The number of hydrazine groups is 1. The minimum Gasteiger partial charge on any atom is -0.255 e. The van der Waals surface area contributed by atoms with Crippen LogP contribution in [0.3, 0.4) is 0 Å². The molecule has 0 atom stereocenters. The summed E-state index contributed by atoms with van der Waals surface area (Å²) in [6.07, 6.45) is 30.5. The van der Waals surface area contributed by atoms with E-state index >= 15 is 0 Å². The highest BCUT2D eigenvalue weighted by Crippen LogP contribution is 2.24. The van der Waals surface area contributed by atoms with Gasteiger partial charge in [-0.1, -0.05) is 95.6 Å². The van der Waals surface area contributed by atoms with E-state index in [-0.39, 0.29) is 0 Å². The van der Waals surface area contributed by atoms with Crippen molar-refractivity contribution in [2.24, 2.45) is 5.92 Å². The molecule has 2 heteroatoms. The number of hydrogen-bond donors (Lipinski definition) is 1. The summed E-state index contributed by atoms with van der Waals surface area (Å²) in [6, 6.07) is 0. The minimum atomic E-state index is 1.01. The van der Waals surface area contributed by atoms with Gasteiger partial charge in [0.25, 0.3) is 0 Å². The minimum absolute atomic E-state index is 1.01. The molecule has 3 aliphatic rings. The molecule has 0 aromatic rings. The summed E-state index contributed by atoms with van der Waals surface area (Å²) >= 11 is 0. The van der Waals surface area contributed by atoms with Crippen molar-refractivity contribution in [3.05, 3.63) is 12.2 Å².